The molecule has 11 heteroatoms. The van der Waals surface area contributed by atoms with Gasteiger partial charge in [0.25, 0.3) is 0 Å². The van der Waals surface area contributed by atoms with Crippen molar-refractivity contribution in [1.82, 2.24) is 0 Å². The van der Waals surface area contributed by atoms with Crippen molar-refractivity contribution < 1.29 is 45.8 Å². The average molecular weight is 298 g/mol. The SMILES string of the molecule is O=C(O)CC1SC(C(F)(F)F)(C(F)(F)F)OC1=O. The molecule has 18 heavy (non-hydrogen) atoms. The molecule has 0 aromatic carbocycles. The molecule has 0 aromatic rings. The number of carbonyl (C=O) groups is 2. The third-order valence-corrected chi connectivity index (χ3v) is 3.44. The summed E-state index contributed by atoms with van der Waals surface area (Å²) in [7, 11) is 0. The van der Waals surface area contributed by atoms with Gasteiger partial charge in [-0.1, -0.05) is 11.8 Å². The fraction of sp³-hybridized carbons (Fsp3) is 0.714. The predicted molar refractivity (Wildman–Crippen MR) is 44.6 cm³/mol. The Bertz CT molecular complexity index is 361. The van der Waals surface area contributed by atoms with Crippen LogP contribution in [0.25, 0.3) is 0 Å². The highest BCUT2D eigenvalue weighted by molar-refractivity contribution is 8.02. The molecule has 1 heterocycles. The van der Waals surface area contributed by atoms with Gasteiger partial charge in [-0.25, -0.2) is 0 Å². The van der Waals surface area contributed by atoms with Crippen LogP contribution in [0.5, 0.6) is 0 Å². The highest BCUT2D eigenvalue weighted by Crippen LogP contribution is 2.58. The molecular weight excluding hydrogens is 294 g/mol. The second kappa shape index (κ2) is 4.21. The van der Waals surface area contributed by atoms with Crippen LogP contribution in [-0.2, 0) is 14.3 Å². The molecule has 1 aliphatic heterocycles. The van der Waals surface area contributed by atoms with Gasteiger partial charge in [0.15, 0.2) is 0 Å². The lowest BCUT2D eigenvalue weighted by atomic mass is 10.3. The summed E-state index contributed by atoms with van der Waals surface area (Å²) in [6, 6.07) is 0. The minimum Gasteiger partial charge on any atom is -0.481 e. The van der Waals surface area contributed by atoms with Gasteiger partial charge in [-0.15, -0.1) is 0 Å². The number of halogens is 6. The number of hydrogen-bond donors (Lipinski definition) is 1. The number of rotatable bonds is 2. The summed E-state index contributed by atoms with van der Waals surface area (Å²) in [6.07, 6.45) is -13.0. The zero-order valence-electron chi connectivity index (χ0n) is 8.13. The van der Waals surface area contributed by atoms with Crippen molar-refractivity contribution in [2.45, 2.75) is 29.0 Å². The zero-order chi connectivity index (χ0) is 14.4. The Kier molecular flexibility index (Phi) is 3.49. The number of cyclic esters (lactones) is 1. The summed E-state index contributed by atoms with van der Waals surface area (Å²) in [4.78, 5) is 16.4. The Labute approximate surface area is 99.3 Å². The van der Waals surface area contributed by atoms with Gasteiger partial charge in [0, 0.05) is 0 Å². The second-order valence-corrected chi connectivity index (χ2v) is 4.62. The number of thioether (sulfide) groups is 1. The number of esters is 1. The van der Waals surface area contributed by atoms with Crippen molar-refractivity contribution in [3.63, 3.8) is 0 Å². The van der Waals surface area contributed by atoms with Gasteiger partial charge in [-0.3, -0.25) is 9.59 Å². The zero-order valence-corrected chi connectivity index (χ0v) is 8.95. The lowest BCUT2D eigenvalue weighted by Gasteiger charge is -2.30. The van der Waals surface area contributed by atoms with Crippen molar-refractivity contribution in [1.29, 1.82) is 0 Å². The molecule has 104 valence electrons. The van der Waals surface area contributed by atoms with Crippen LogP contribution in [0.3, 0.4) is 0 Å². The Hall–Kier alpha value is -1.13. The molecule has 0 spiro atoms. The molecule has 1 N–H and O–H groups in total. The smallest absolute Gasteiger partial charge is 0.448 e. The number of carboxylic acids is 1. The van der Waals surface area contributed by atoms with E-state index in [4.69, 9.17) is 5.11 Å². The predicted octanol–water partition coefficient (Wildman–Crippen LogP) is 1.94. The minimum atomic E-state index is -5.89. The number of hydrogen-bond acceptors (Lipinski definition) is 4. The fourth-order valence-electron chi connectivity index (χ4n) is 1.17. The van der Waals surface area contributed by atoms with E-state index in [-0.39, 0.29) is 0 Å². The Morgan fingerprint density at radius 3 is 2.00 bits per heavy atom. The van der Waals surface area contributed by atoms with E-state index in [1.807, 2.05) is 0 Å². The molecule has 1 saturated heterocycles. The molecule has 0 bridgehead atoms. The number of aliphatic carboxylic acids is 1. The fourth-order valence-corrected chi connectivity index (χ4v) is 2.34. The van der Waals surface area contributed by atoms with E-state index in [1.165, 1.54) is 0 Å². The van der Waals surface area contributed by atoms with Crippen LogP contribution in [0.2, 0.25) is 0 Å². The van der Waals surface area contributed by atoms with Crippen LogP contribution in [0.15, 0.2) is 0 Å². The average Bonchev–Trinajstić information content (AvgIpc) is 2.41. The quantitative estimate of drug-likeness (QED) is 0.623. The van der Waals surface area contributed by atoms with Crippen molar-refractivity contribution in [3.8, 4) is 0 Å². The highest BCUT2D eigenvalue weighted by atomic mass is 32.2. The summed E-state index contributed by atoms with van der Waals surface area (Å²) in [5, 5.41) is 6.23. The molecule has 0 aromatic heterocycles. The van der Waals surface area contributed by atoms with Gasteiger partial charge in [0.05, 0.1) is 6.42 Å². The summed E-state index contributed by atoms with van der Waals surface area (Å²) in [5.74, 6) is -3.55. The van der Waals surface area contributed by atoms with E-state index in [1.54, 1.807) is 0 Å². The van der Waals surface area contributed by atoms with Crippen LogP contribution in [0.4, 0.5) is 26.3 Å². The Balaban J connectivity index is 3.12. The van der Waals surface area contributed by atoms with Gasteiger partial charge in [-0.2, -0.15) is 26.3 Å². The van der Waals surface area contributed by atoms with Crippen molar-refractivity contribution in [2.24, 2.45) is 0 Å². The van der Waals surface area contributed by atoms with Crippen molar-refractivity contribution >= 4 is 23.7 Å². The van der Waals surface area contributed by atoms with E-state index in [0.717, 1.165) is 0 Å². The first kappa shape index (κ1) is 14.9. The summed E-state index contributed by atoms with van der Waals surface area (Å²) >= 11 is -0.894. The van der Waals surface area contributed by atoms with Crippen LogP contribution < -0.4 is 0 Å². The molecule has 0 aliphatic carbocycles. The van der Waals surface area contributed by atoms with E-state index in [0.29, 0.717) is 0 Å². The van der Waals surface area contributed by atoms with Crippen LogP contribution in [0, 0.1) is 0 Å². The summed E-state index contributed by atoms with van der Waals surface area (Å²) in [5.41, 5.74) is 0. The van der Waals surface area contributed by atoms with E-state index >= 15 is 0 Å². The molecule has 1 aliphatic rings. The van der Waals surface area contributed by atoms with Gasteiger partial charge in [0.1, 0.15) is 5.25 Å². The molecule has 0 radical (unpaired) electrons. The van der Waals surface area contributed by atoms with E-state index in [9.17, 15) is 35.9 Å². The van der Waals surface area contributed by atoms with Crippen molar-refractivity contribution in [3.05, 3.63) is 0 Å². The summed E-state index contributed by atoms with van der Waals surface area (Å²) in [6.45, 7) is 0. The lowest BCUT2D eigenvalue weighted by molar-refractivity contribution is -0.327. The molecule has 0 amide bonds. The third kappa shape index (κ3) is 2.35. The van der Waals surface area contributed by atoms with Crippen molar-refractivity contribution in [2.75, 3.05) is 0 Å². The van der Waals surface area contributed by atoms with Gasteiger partial charge < -0.3 is 9.84 Å². The minimum absolute atomic E-state index is 0.894. The largest absolute Gasteiger partial charge is 0.481 e. The first-order valence-corrected chi connectivity index (χ1v) is 5.04. The van der Waals surface area contributed by atoms with Gasteiger partial charge >= 0.3 is 29.2 Å². The normalized spacial score (nSPS) is 23.9. The third-order valence-electron chi connectivity index (χ3n) is 1.92. The number of carboxylic acid groups (broad SMARTS) is 1. The van der Waals surface area contributed by atoms with Crippen LogP contribution in [0.1, 0.15) is 6.42 Å². The second-order valence-electron chi connectivity index (χ2n) is 3.24. The standard InChI is InChI=1S/C7H4F6O4S/c8-6(9,10)5(7(11,12)13)17-4(16)2(18-5)1-3(14)15/h2H,1H2,(H,14,15). The molecular formula is C7H4F6O4S. The number of carbonyl (C=O) groups excluding carboxylic acids is 1. The molecule has 4 nitrogen and oxygen atoms in total. The van der Waals surface area contributed by atoms with Crippen LogP contribution in [-0.4, -0.2) is 39.6 Å². The first-order valence-electron chi connectivity index (χ1n) is 4.16. The molecule has 0 saturated carbocycles. The van der Waals surface area contributed by atoms with E-state index < -0.39 is 52.7 Å². The van der Waals surface area contributed by atoms with Crippen LogP contribution >= 0.6 is 11.8 Å². The highest BCUT2D eigenvalue weighted by Gasteiger charge is 2.78. The maximum absolute atomic E-state index is 12.4. The maximum Gasteiger partial charge on any atom is 0.448 e. The van der Waals surface area contributed by atoms with Gasteiger partial charge in [0.2, 0.25) is 0 Å². The monoisotopic (exact) mass is 298 g/mol. The lowest BCUT2D eigenvalue weighted by Crippen LogP contribution is -2.54. The molecule has 1 fully saturated rings. The Morgan fingerprint density at radius 1 is 1.28 bits per heavy atom. The maximum atomic E-state index is 12.4. The molecule has 1 unspecified atom stereocenters. The molecule has 1 atom stereocenters. The number of ether oxygens (including phenoxy) is 1. The topological polar surface area (TPSA) is 63.6 Å². The molecule has 1 rings (SSSR count). The van der Waals surface area contributed by atoms with Gasteiger partial charge in [-0.05, 0) is 0 Å². The van der Waals surface area contributed by atoms with E-state index in [2.05, 4.69) is 4.74 Å². The summed E-state index contributed by atoms with van der Waals surface area (Å²) < 4.78 is 78.0. The Morgan fingerprint density at radius 2 is 1.72 bits per heavy atom. The number of alkyl halides is 6. The first-order chi connectivity index (χ1) is 7.91.